The van der Waals surface area contributed by atoms with E-state index in [9.17, 15) is 13.2 Å². The maximum absolute atomic E-state index is 12.6. The summed E-state index contributed by atoms with van der Waals surface area (Å²) < 4.78 is 28.7. The number of hydrogen-bond donors (Lipinski definition) is 2. The molecule has 7 nitrogen and oxygen atoms in total. The first-order valence-electron chi connectivity index (χ1n) is 9.86. The number of rotatable bonds is 10. The fraction of sp³-hybridized carbons (Fsp3) is 0.273. The molecule has 0 aliphatic carbocycles. The van der Waals surface area contributed by atoms with Gasteiger partial charge in [-0.3, -0.25) is 9.48 Å². The van der Waals surface area contributed by atoms with Gasteiger partial charge in [-0.05, 0) is 17.5 Å². The van der Waals surface area contributed by atoms with Crippen LogP contribution in [0.15, 0.2) is 66.9 Å². The summed E-state index contributed by atoms with van der Waals surface area (Å²) in [7, 11) is -3.49. The van der Waals surface area contributed by atoms with E-state index in [0.29, 0.717) is 18.5 Å². The van der Waals surface area contributed by atoms with Crippen molar-refractivity contribution in [3.8, 4) is 0 Å². The van der Waals surface area contributed by atoms with Crippen LogP contribution in [0.4, 0.5) is 0 Å². The van der Waals surface area contributed by atoms with Gasteiger partial charge in [0.05, 0.1) is 29.8 Å². The van der Waals surface area contributed by atoms with Crippen molar-refractivity contribution in [2.75, 3.05) is 12.3 Å². The Labute approximate surface area is 177 Å². The lowest BCUT2D eigenvalue weighted by Gasteiger charge is -2.10. The molecule has 0 atom stereocenters. The average molecular weight is 427 g/mol. The van der Waals surface area contributed by atoms with E-state index < -0.39 is 10.0 Å². The van der Waals surface area contributed by atoms with E-state index in [2.05, 4.69) is 15.1 Å². The number of amides is 1. The summed E-state index contributed by atoms with van der Waals surface area (Å²) in [5.41, 5.74) is 3.27. The standard InChI is InChI=1S/C22H26N4O3S/c1-2-21-20(16-24-26(21)17-19-11-7-4-8-12-19)22(27)23-13-14-30(28,29)25-15-18-9-5-3-6-10-18/h3-12,16,25H,2,13-15,17H2,1H3,(H,23,27). The van der Waals surface area contributed by atoms with E-state index in [1.165, 1.54) is 0 Å². The molecule has 0 saturated heterocycles. The molecule has 0 radical (unpaired) electrons. The van der Waals surface area contributed by atoms with Crippen LogP contribution in [0.5, 0.6) is 0 Å². The van der Waals surface area contributed by atoms with Crippen molar-refractivity contribution in [1.82, 2.24) is 19.8 Å². The Morgan fingerprint density at radius 1 is 1.00 bits per heavy atom. The van der Waals surface area contributed by atoms with Crippen LogP contribution < -0.4 is 10.0 Å². The maximum atomic E-state index is 12.6. The van der Waals surface area contributed by atoms with Gasteiger partial charge in [-0.15, -0.1) is 0 Å². The van der Waals surface area contributed by atoms with E-state index >= 15 is 0 Å². The molecule has 0 unspecified atom stereocenters. The third-order valence-corrected chi connectivity index (χ3v) is 6.02. The second kappa shape index (κ2) is 10.2. The van der Waals surface area contributed by atoms with Crippen LogP contribution in [0.3, 0.4) is 0 Å². The minimum absolute atomic E-state index is 0.0238. The molecular weight excluding hydrogens is 400 g/mol. The summed E-state index contributed by atoms with van der Waals surface area (Å²) in [6.45, 7) is 2.79. The normalized spacial score (nSPS) is 11.4. The van der Waals surface area contributed by atoms with E-state index in [0.717, 1.165) is 16.8 Å². The topological polar surface area (TPSA) is 93.1 Å². The highest BCUT2D eigenvalue weighted by molar-refractivity contribution is 7.89. The Balaban J connectivity index is 1.54. The Hall–Kier alpha value is -2.97. The van der Waals surface area contributed by atoms with Crippen molar-refractivity contribution in [2.24, 2.45) is 0 Å². The van der Waals surface area contributed by atoms with E-state index in [-0.39, 0.29) is 24.7 Å². The number of sulfonamides is 1. The first-order valence-corrected chi connectivity index (χ1v) is 11.5. The van der Waals surface area contributed by atoms with Crippen LogP contribution >= 0.6 is 0 Å². The SMILES string of the molecule is CCc1c(C(=O)NCCS(=O)(=O)NCc2ccccc2)cnn1Cc1ccccc1. The number of nitrogens with zero attached hydrogens (tertiary/aromatic N) is 2. The summed E-state index contributed by atoms with van der Waals surface area (Å²) in [5, 5.41) is 7.04. The fourth-order valence-electron chi connectivity index (χ4n) is 3.12. The fourth-order valence-corrected chi connectivity index (χ4v) is 4.02. The molecular formula is C22H26N4O3S. The molecule has 1 amide bonds. The van der Waals surface area contributed by atoms with Gasteiger partial charge in [-0.25, -0.2) is 13.1 Å². The van der Waals surface area contributed by atoms with Crippen LogP contribution in [-0.2, 0) is 29.5 Å². The molecule has 1 heterocycles. The highest BCUT2D eigenvalue weighted by Gasteiger charge is 2.17. The highest BCUT2D eigenvalue weighted by Crippen LogP contribution is 2.12. The smallest absolute Gasteiger partial charge is 0.254 e. The van der Waals surface area contributed by atoms with E-state index in [1.54, 1.807) is 6.20 Å². The number of hydrogen-bond acceptors (Lipinski definition) is 4. The molecule has 2 N–H and O–H groups in total. The summed E-state index contributed by atoms with van der Waals surface area (Å²) >= 11 is 0. The molecule has 30 heavy (non-hydrogen) atoms. The van der Waals surface area contributed by atoms with Gasteiger partial charge in [0.2, 0.25) is 10.0 Å². The van der Waals surface area contributed by atoms with Crippen molar-refractivity contribution < 1.29 is 13.2 Å². The monoisotopic (exact) mass is 426 g/mol. The molecule has 0 fully saturated rings. The van der Waals surface area contributed by atoms with Gasteiger partial charge in [0.15, 0.2) is 0 Å². The first kappa shape index (κ1) is 21.7. The zero-order valence-corrected chi connectivity index (χ0v) is 17.7. The predicted octanol–water partition coefficient (Wildman–Crippen LogP) is 2.34. The summed E-state index contributed by atoms with van der Waals surface area (Å²) in [6, 6.07) is 19.2. The molecule has 2 aromatic carbocycles. The highest BCUT2D eigenvalue weighted by atomic mass is 32.2. The van der Waals surface area contributed by atoms with Gasteiger partial charge in [0, 0.05) is 13.1 Å². The second-order valence-corrected chi connectivity index (χ2v) is 8.81. The van der Waals surface area contributed by atoms with Crippen LogP contribution in [0.2, 0.25) is 0 Å². The van der Waals surface area contributed by atoms with Crippen molar-refractivity contribution >= 4 is 15.9 Å². The maximum Gasteiger partial charge on any atom is 0.254 e. The molecule has 0 saturated carbocycles. The van der Waals surface area contributed by atoms with Gasteiger partial charge < -0.3 is 5.32 Å². The molecule has 8 heteroatoms. The Bertz CT molecular complexity index is 1060. The Morgan fingerprint density at radius 2 is 1.63 bits per heavy atom. The lowest BCUT2D eigenvalue weighted by molar-refractivity contribution is 0.0955. The molecule has 3 rings (SSSR count). The zero-order chi connectivity index (χ0) is 21.4. The van der Waals surface area contributed by atoms with Crippen molar-refractivity contribution in [3.05, 3.63) is 89.2 Å². The summed E-state index contributed by atoms with van der Waals surface area (Å²) in [4.78, 5) is 12.6. The second-order valence-electron chi connectivity index (χ2n) is 6.88. The quantitative estimate of drug-likeness (QED) is 0.520. The molecule has 0 aliphatic rings. The van der Waals surface area contributed by atoms with Crippen LogP contribution in [0.25, 0.3) is 0 Å². The summed E-state index contributed by atoms with van der Waals surface area (Å²) in [6.07, 6.45) is 2.19. The van der Waals surface area contributed by atoms with Crippen molar-refractivity contribution in [3.63, 3.8) is 0 Å². The van der Waals surface area contributed by atoms with Gasteiger partial charge >= 0.3 is 0 Å². The number of nitrogens with one attached hydrogen (secondary N) is 2. The molecule has 1 aromatic heterocycles. The molecule has 0 spiro atoms. The van der Waals surface area contributed by atoms with Gasteiger partial charge in [0.1, 0.15) is 0 Å². The largest absolute Gasteiger partial charge is 0.351 e. The van der Waals surface area contributed by atoms with Crippen molar-refractivity contribution in [1.29, 1.82) is 0 Å². The first-order chi connectivity index (χ1) is 14.5. The summed E-state index contributed by atoms with van der Waals surface area (Å²) in [5.74, 6) is -0.505. The Kier molecular flexibility index (Phi) is 7.37. The van der Waals surface area contributed by atoms with Gasteiger partial charge in [0.25, 0.3) is 5.91 Å². The van der Waals surface area contributed by atoms with Gasteiger partial charge in [-0.2, -0.15) is 5.10 Å². The molecule has 0 aliphatic heterocycles. The van der Waals surface area contributed by atoms with Crippen LogP contribution in [-0.4, -0.2) is 36.4 Å². The van der Waals surface area contributed by atoms with Gasteiger partial charge in [-0.1, -0.05) is 67.6 Å². The van der Waals surface area contributed by atoms with Crippen LogP contribution in [0.1, 0.15) is 34.1 Å². The molecule has 3 aromatic rings. The number of benzene rings is 2. The Morgan fingerprint density at radius 3 is 2.27 bits per heavy atom. The van der Waals surface area contributed by atoms with E-state index in [1.807, 2.05) is 72.3 Å². The predicted molar refractivity (Wildman–Crippen MR) is 117 cm³/mol. The number of aromatic nitrogens is 2. The zero-order valence-electron chi connectivity index (χ0n) is 16.9. The van der Waals surface area contributed by atoms with Crippen molar-refractivity contribution in [2.45, 2.75) is 26.4 Å². The minimum atomic E-state index is -3.49. The molecule has 0 bridgehead atoms. The number of carbonyl (C=O) groups excluding carboxylic acids is 1. The van der Waals surface area contributed by atoms with E-state index in [4.69, 9.17) is 0 Å². The third kappa shape index (κ3) is 6.01. The molecule has 158 valence electrons. The lowest BCUT2D eigenvalue weighted by Crippen LogP contribution is -2.34. The van der Waals surface area contributed by atoms with Crippen LogP contribution in [0, 0.1) is 0 Å². The minimum Gasteiger partial charge on any atom is -0.351 e. The lowest BCUT2D eigenvalue weighted by atomic mass is 10.2. The average Bonchev–Trinajstić information content (AvgIpc) is 3.16. The number of carbonyl (C=O) groups is 1. The third-order valence-electron chi connectivity index (χ3n) is 4.70.